The molecule has 0 saturated heterocycles. The number of nitrogens with one attached hydrogen (secondary N) is 1. The van der Waals surface area contributed by atoms with Crippen molar-refractivity contribution in [1.82, 2.24) is 5.43 Å². The van der Waals surface area contributed by atoms with Crippen LogP contribution in [0.25, 0.3) is 0 Å². The molecular formula is C24H20F3N3O5. The lowest BCUT2D eigenvalue weighted by atomic mass is 10.1. The van der Waals surface area contributed by atoms with Gasteiger partial charge in [-0.1, -0.05) is 30.3 Å². The zero-order valence-corrected chi connectivity index (χ0v) is 18.4. The first-order chi connectivity index (χ1) is 16.7. The number of hydrazone groups is 1. The molecule has 1 amide bonds. The molecule has 3 aromatic carbocycles. The Morgan fingerprint density at radius 3 is 2.43 bits per heavy atom. The second kappa shape index (κ2) is 11.1. The highest BCUT2D eigenvalue weighted by Crippen LogP contribution is 2.40. The zero-order chi connectivity index (χ0) is 25.4. The number of hydrogen-bond acceptors (Lipinski definition) is 6. The van der Waals surface area contributed by atoms with Crippen molar-refractivity contribution in [2.75, 3.05) is 6.61 Å². The lowest BCUT2D eigenvalue weighted by molar-refractivity contribution is -0.385. The first kappa shape index (κ1) is 25.2. The third-order valence-corrected chi connectivity index (χ3v) is 4.58. The molecule has 0 aliphatic heterocycles. The van der Waals surface area contributed by atoms with Crippen molar-refractivity contribution in [3.05, 3.63) is 93.5 Å². The van der Waals surface area contributed by atoms with E-state index in [1.807, 2.05) is 30.3 Å². The van der Waals surface area contributed by atoms with Crippen LogP contribution < -0.4 is 14.9 Å². The molecule has 0 radical (unpaired) electrons. The first-order valence-electron chi connectivity index (χ1n) is 10.3. The van der Waals surface area contributed by atoms with Crippen molar-refractivity contribution < 1.29 is 32.4 Å². The Kier molecular flexibility index (Phi) is 8.03. The molecule has 0 aliphatic rings. The Labute approximate surface area is 198 Å². The Hall–Kier alpha value is -4.41. The van der Waals surface area contributed by atoms with Crippen LogP contribution in [-0.4, -0.2) is 23.7 Å². The average molecular weight is 487 g/mol. The van der Waals surface area contributed by atoms with Gasteiger partial charge in [-0.15, -0.1) is 0 Å². The number of rotatable bonds is 9. The summed E-state index contributed by atoms with van der Waals surface area (Å²) in [7, 11) is 0. The first-order valence-corrected chi connectivity index (χ1v) is 10.3. The van der Waals surface area contributed by atoms with Gasteiger partial charge >= 0.3 is 11.9 Å². The number of halogens is 3. The Bertz CT molecular complexity index is 1230. The number of amides is 1. The van der Waals surface area contributed by atoms with Crippen LogP contribution in [-0.2, 0) is 17.4 Å². The van der Waals surface area contributed by atoms with Gasteiger partial charge in [-0.05, 0) is 48.4 Å². The van der Waals surface area contributed by atoms with E-state index in [-0.39, 0.29) is 36.2 Å². The highest BCUT2D eigenvalue weighted by Gasteiger charge is 2.33. The quantitative estimate of drug-likeness (QED) is 0.244. The van der Waals surface area contributed by atoms with Gasteiger partial charge in [0.25, 0.3) is 0 Å². The molecule has 3 rings (SSSR count). The Balaban J connectivity index is 1.77. The summed E-state index contributed by atoms with van der Waals surface area (Å²) in [5.41, 5.74) is 1.76. The molecule has 0 heterocycles. The van der Waals surface area contributed by atoms with Crippen LogP contribution in [0.1, 0.15) is 23.6 Å². The van der Waals surface area contributed by atoms with E-state index in [0.717, 1.165) is 11.6 Å². The fourth-order valence-electron chi connectivity index (χ4n) is 3.00. The van der Waals surface area contributed by atoms with Gasteiger partial charge in [0, 0.05) is 6.07 Å². The minimum atomic E-state index is -4.74. The number of hydrogen-bond donors (Lipinski definition) is 1. The van der Waals surface area contributed by atoms with E-state index in [1.165, 1.54) is 18.3 Å². The second-order valence-electron chi connectivity index (χ2n) is 7.13. The van der Waals surface area contributed by atoms with E-state index < -0.39 is 22.4 Å². The van der Waals surface area contributed by atoms with E-state index >= 15 is 0 Å². The van der Waals surface area contributed by atoms with Gasteiger partial charge in [0.1, 0.15) is 0 Å². The molecular weight excluding hydrogens is 467 g/mol. The fourth-order valence-corrected chi connectivity index (χ4v) is 3.00. The topological polar surface area (TPSA) is 103 Å². The van der Waals surface area contributed by atoms with Crippen LogP contribution in [0.15, 0.2) is 71.8 Å². The van der Waals surface area contributed by atoms with Gasteiger partial charge in [0.15, 0.2) is 11.5 Å². The van der Waals surface area contributed by atoms with Crippen molar-refractivity contribution in [3.8, 4) is 17.2 Å². The maximum Gasteiger partial charge on any atom is 0.416 e. The molecule has 8 nitrogen and oxygen atoms in total. The predicted octanol–water partition coefficient (Wildman–Crippen LogP) is 5.50. The van der Waals surface area contributed by atoms with E-state index in [0.29, 0.717) is 17.7 Å². The average Bonchev–Trinajstić information content (AvgIpc) is 2.81. The molecule has 0 atom stereocenters. The predicted molar refractivity (Wildman–Crippen MR) is 122 cm³/mol. The van der Waals surface area contributed by atoms with Gasteiger partial charge in [0.2, 0.25) is 11.7 Å². The summed E-state index contributed by atoms with van der Waals surface area (Å²) in [4.78, 5) is 22.4. The molecule has 0 aromatic heterocycles. The second-order valence-corrected chi connectivity index (χ2v) is 7.13. The van der Waals surface area contributed by atoms with Gasteiger partial charge in [-0.25, -0.2) is 5.43 Å². The van der Waals surface area contributed by atoms with Crippen LogP contribution in [0.3, 0.4) is 0 Å². The van der Waals surface area contributed by atoms with Crippen LogP contribution in [0, 0.1) is 10.1 Å². The maximum absolute atomic E-state index is 12.9. The molecule has 0 bridgehead atoms. The number of ether oxygens (including phenoxy) is 2. The monoisotopic (exact) mass is 487 g/mol. The minimum absolute atomic E-state index is 0.0555. The van der Waals surface area contributed by atoms with Crippen LogP contribution in [0.2, 0.25) is 0 Å². The molecule has 0 unspecified atom stereocenters. The molecule has 0 aliphatic carbocycles. The number of nitrogens with zero attached hydrogens (tertiary/aromatic N) is 2. The fraction of sp³-hybridized carbons (Fsp3) is 0.167. The maximum atomic E-state index is 12.9. The standard InChI is InChI=1S/C24H20F3N3O5/c1-2-34-22-12-17(15-28-29-23(31)13-16-6-4-3-5-7-16)8-10-21(22)35-20-11-9-18(24(25,26)27)14-19(20)30(32)33/h3-12,14-15H,2,13H2,1H3,(H,29,31)/b28-15+. The number of carbonyl (C=O) groups excluding carboxylic acids is 1. The van der Waals surface area contributed by atoms with E-state index in [1.54, 1.807) is 13.0 Å². The molecule has 3 aromatic rings. The van der Waals surface area contributed by atoms with Crippen LogP contribution >= 0.6 is 0 Å². The summed E-state index contributed by atoms with van der Waals surface area (Å²) in [6.07, 6.45) is -3.21. The van der Waals surface area contributed by atoms with Crippen LogP contribution in [0.4, 0.5) is 18.9 Å². The largest absolute Gasteiger partial charge is 0.490 e. The zero-order valence-electron chi connectivity index (χ0n) is 18.4. The van der Waals surface area contributed by atoms with Gasteiger partial charge in [0.05, 0.1) is 29.7 Å². The normalized spacial score (nSPS) is 11.3. The smallest absolute Gasteiger partial charge is 0.416 e. The van der Waals surface area contributed by atoms with Gasteiger partial charge in [-0.3, -0.25) is 14.9 Å². The number of nitro benzene ring substituents is 1. The third-order valence-electron chi connectivity index (χ3n) is 4.58. The highest BCUT2D eigenvalue weighted by molar-refractivity contribution is 5.84. The highest BCUT2D eigenvalue weighted by atomic mass is 19.4. The minimum Gasteiger partial charge on any atom is -0.490 e. The summed E-state index contributed by atoms with van der Waals surface area (Å²) in [6, 6.07) is 15.6. The SMILES string of the molecule is CCOc1cc(/C=N/NC(=O)Cc2ccccc2)ccc1Oc1ccc(C(F)(F)F)cc1[N+](=O)[O-]. The summed E-state index contributed by atoms with van der Waals surface area (Å²) in [5.74, 6) is -0.452. The number of alkyl halides is 3. The molecule has 0 spiro atoms. The van der Waals surface area contributed by atoms with Crippen molar-refractivity contribution in [2.24, 2.45) is 5.10 Å². The molecule has 11 heteroatoms. The van der Waals surface area contributed by atoms with Gasteiger partial charge in [-0.2, -0.15) is 18.3 Å². The van der Waals surface area contributed by atoms with E-state index in [2.05, 4.69) is 10.5 Å². The number of carbonyl (C=O) groups is 1. The Morgan fingerprint density at radius 2 is 1.77 bits per heavy atom. The van der Waals surface area contributed by atoms with Crippen LogP contribution in [0.5, 0.6) is 17.2 Å². The summed E-state index contributed by atoms with van der Waals surface area (Å²) < 4.78 is 49.9. The third kappa shape index (κ3) is 7.03. The van der Waals surface area contributed by atoms with Crippen molar-refractivity contribution in [2.45, 2.75) is 19.5 Å². The van der Waals surface area contributed by atoms with Crippen molar-refractivity contribution >= 4 is 17.8 Å². The molecule has 0 fully saturated rings. The van der Waals surface area contributed by atoms with Gasteiger partial charge < -0.3 is 9.47 Å². The summed E-state index contributed by atoms with van der Waals surface area (Å²) in [5, 5.41) is 15.2. The molecule has 1 N–H and O–H groups in total. The van der Waals surface area contributed by atoms with E-state index in [9.17, 15) is 28.1 Å². The Morgan fingerprint density at radius 1 is 1.06 bits per heavy atom. The summed E-state index contributed by atoms with van der Waals surface area (Å²) >= 11 is 0. The van der Waals surface area contributed by atoms with E-state index in [4.69, 9.17) is 9.47 Å². The van der Waals surface area contributed by atoms with Crippen molar-refractivity contribution in [1.29, 1.82) is 0 Å². The lowest BCUT2D eigenvalue weighted by Gasteiger charge is -2.13. The van der Waals surface area contributed by atoms with Crippen molar-refractivity contribution in [3.63, 3.8) is 0 Å². The number of benzene rings is 3. The molecule has 182 valence electrons. The molecule has 35 heavy (non-hydrogen) atoms. The summed E-state index contributed by atoms with van der Waals surface area (Å²) in [6.45, 7) is 1.93. The molecule has 0 saturated carbocycles. The number of nitro groups is 1. The lowest BCUT2D eigenvalue weighted by Crippen LogP contribution is -2.19.